The molecule has 0 saturated carbocycles. The normalized spacial score (nSPS) is 11.6. The van der Waals surface area contributed by atoms with Crippen molar-refractivity contribution < 1.29 is 23.3 Å². The third kappa shape index (κ3) is 38.7. The number of ether oxygens (including phenoxy) is 2. The predicted octanol–water partition coefficient (Wildman–Crippen LogP) is 12.1. The minimum Gasteiger partial charge on any atom is -0.466 e. The van der Waals surface area contributed by atoms with E-state index in [9.17, 15) is 13.8 Å². The van der Waals surface area contributed by atoms with Gasteiger partial charge in [-0.25, -0.2) is 8.93 Å². The molecule has 7 nitrogen and oxygen atoms in total. The van der Waals surface area contributed by atoms with E-state index in [0.29, 0.717) is 19.4 Å². The van der Waals surface area contributed by atoms with Gasteiger partial charge in [-0.1, -0.05) is 156 Å². The molecule has 0 amide bonds. The third-order valence-corrected chi connectivity index (χ3v) is 10.7. The second kappa shape index (κ2) is 42.7. The van der Waals surface area contributed by atoms with Crippen LogP contribution in [0.1, 0.15) is 233 Å². The Morgan fingerprint density at radius 2 is 0.904 bits per heavy atom. The van der Waals surface area contributed by atoms with Crippen LogP contribution in [-0.4, -0.2) is 59.9 Å². The van der Waals surface area contributed by atoms with Crippen molar-refractivity contribution in [2.75, 3.05) is 32.8 Å². The van der Waals surface area contributed by atoms with Crippen molar-refractivity contribution in [3.05, 3.63) is 0 Å². The maximum Gasteiger partial charge on any atom is 0.306 e. The summed E-state index contributed by atoms with van der Waals surface area (Å²) in [5.74, 6) is -0.0142. The van der Waals surface area contributed by atoms with Gasteiger partial charge in [-0.3, -0.25) is 9.59 Å². The van der Waals surface area contributed by atoms with Crippen LogP contribution in [-0.2, 0) is 30.9 Å². The van der Waals surface area contributed by atoms with Crippen molar-refractivity contribution in [3.63, 3.8) is 0 Å². The molecule has 0 aromatic heterocycles. The summed E-state index contributed by atoms with van der Waals surface area (Å²) >= 11 is 0.0122. The van der Waals surface area contributed by atoms with Crippen molar-refractivity contribution in [1.82, 2.24) is 9.62 Å². The molecule has 0 rings (SSSR count). The number of unbranched alkanes of at least 4 members (excludes halogenated alkanes) is 23. The molecule has 0 bridgehead atoms. The highest BCUT2D eigenvalue weighted by Gasteiger charge is 2.14. The molecule has 0 heterocycles. The van der Waals surface area contributed by atoms with Gasteiger partial charge in [-0.2, -0.15) is 0 Å². The van der Waals surface area contributed by atoms with Gasteiger partial charge in [-0.05, 0) is 83.8 Å². The summed E-state index contributed by atoms with van der Waals surface area (Å²) in [6.45, 7) is 11.3. The van der Waals surface area contributed by atoms with Gasteiger partial charge in [0, 0.05) is 19.4 Å². The molecule has 52 heavy (non-hydrogen) atoms. The summed E-state index contributed by atoms with van der Waals surface area (Å²) in [7, 11) is 0. The highest BCUT2D eigenvalue weighted by molar-refractivity contribution is 7.63. The summed E-state index contributed by atoms with van der Waals surface area (Å²) in [6.07, 6.45) is 38.0. The maximum atomic E-state index is 12.7. The Morgan fingerprint density at radius 1 is 0.500 bits per heavy atom. The molecule has 0 aromatic rings. The van der Waals surface area contributed by atoms with Crippen LogP contribution < -0.4 is 4.72 Å². The Balaban J connectivity index is 4.18. The summed E-state index contributed by atoms with van der Waals surface area (Å²) in [5.41, 5.74) is 0. The zero-order valence-electron chi connectivity index (χ0n) is 34.9. The van der Waals surface area contributed by atoms with Crippen molar-refractivity contribution >= 4 is 23.8 Å². The first kappa shape index (κ1) is 51.0. The molecule has 0 saturated heterocycles. The second-order valence-corrected chi connectivity index (χ2v) is 15.9. The molecule has 1 N–H and O–H groups in total. The lowest BCUT2D eigenvalue weighted by Crippen LogP contribution is -2.29. The van der Waals surface area contributed by atoms with Crippen LogP contribution in [0.3, 0.4) is 0 Å². The monoisotopic (exact) mass is 757 g/mol. The first-order valence-corrected chi connectivity index (χ1v) is 23.5. The van der Waals surface area contributed by atoms with Gasteiger partial charge < -0.3 is 14.4 Å². The first-order valence-electron chi connectivity index (χ1n) is 22.7. The van der Waals surface area contributed by atoms with Gasteiger partial charge in [-0.15, -0.1) is 0 Å². The highest BCUT2D eigenvalue weighted by Crippen LogP contribution is 2.18. The molecule has 0 aliphatic heterocycles. The third-order valence-electron chi connectivity index (χ3n) is 10.4. The lowest BCUT2D eigenvalue weighted by Gasteiger charge is -2.22. The zero-order valence-corrected chi connectivity index (χ0v) is 35.8. The Hall–Kier alpha value is -0.990. The van der Waals surface area contributed by atoms with E-state index in [-0.39, 0.29) is 29.9 Å². The van der Waals surface area contributed by atoms with E-state index in [1.807, 2.05) is 0 Å². The van der Waals surface area contributed by atoms with Crippen molar-refractivity contribution in [3.8, 4) is 0 Å². The maximum absolute atomic E-state index is 12.7. The molecule has 0 atom stereocenters. The topological polar surface area (TPSA) is 84.9 Å². The number of nitrogens with one attached hydrogen (secondary N) is 1. The average Bonchev–Trinajstić information content (AvgIpc) is 3.14. The van der Waals surface area contributed by atoms with Gasteiger partial charge in [0.15, 0.2) is 0 Å². The quantitative estimate of drug-likeness (QED) is 0.0366. The Bertz CT molecular complexity index is 755. The van der Waals surface area contributed by atoms with Crippen LogP contribution in [0.2, 0.25) is 0 Å². The van der Waals surface area contributed by atoms with Crippen LogP contribution in [0.5, 0.6) is 0 Å². The number of thiol groups is 1. The van der Waals surface area contributed by atoms with E-state index in [4.69, 9.17) is 9.47 Å². The van der Waals surface area contributed by atoms with Gasteiger partial charge >= 0.3 is 11.9 Å². The number of hydrogen-bond donors (Lipinski definition) is 2. The molecule has 0 spiro atoms. The summed E-state index contributed by atoms with van der Waals surface area (Å²) < 4.78 is 25.1. The summed E-state index contributed by atoms with van der Waals surface area (Å²) in [5, 5.41) is 0. The molecular formula is C44H88N2O5S. The van der Waals surface area contributed by atoms with Crippen molar-refractivity contribution in [2.45, 2.75) is 239 Å². The van der Waals surface area contributed by atoms with Gasteiger partial charge in [0.25, 0.3) is 0 Å². The fourth-order valence-electron chi connectivity index (χ4n) is 6.99. The SMILES string of the molecule is CCCCCCCCOC(=O)CCCCCCCN(CCCCCCCC(=O)OC(CCCCCCCC)CCCCCCCC)CCCN[SH]=O. The number of carbonyl (C=O) groups excluding carboxylic acids is 2. The number of nitrogens with zero attached hydrogens (tertiary/aromatic N) is 1. The number of rotatable bonds is 43. The Morgan fingerprint density at radius 3 is 1.40 bits per heavy atom. The fourth-order valence-corrected chi connectivity index (χ4v) is 7.23. The van der Waals surface area contributed by atoms with Crippen LogP contribution in [0.25, 0.3) is 0 Å². The molecule has 0 aliphatic rings. The van der Waals surface area contributed by atoms with E-state index < -0.39 is 0 Å². The molecule has 8 heteroatoms. The van der Waals surface area contributed by atoms with E-state index in [1.165, 1.54) is 128 Å². The van der Waals surface area contributed by atoms with Crippen LogP contribution >= 0.6 is 0 Å². The molecule has 0 fully saturated rings. The minimum atomic E-state index is -0.0306. The van der Waals surface area contributed by atoms with E-state index in [0.717, 1.165) is 96.8 Å². The van der Waals surface area contributed by atoms with Gasteiger partial charge in [0.1, 0.15) is 6.10 Å². The van der Waals surface area contributed by atoms with Crippen LogP contribution in [0.15, 0.2) is 0 Å². The van der Waals surface area contributed by atoms with Gasteiger partial charge in [0.2, 0.25) is 0 Å². The average molecular weight is 757 g/mol. The van der Waals surface area contributed by atoms with E-state index in [1.54, 1.807) is 0 Å². The summed E-state index contributed by atoms with van der Waals surface area (Å²) in [6, 6.07) is 0. The number of esters is 2. The van der Waals surface area contributed by atoms with Crippen molar-refractivity contribution in [2.24, 2.45) is 0 Å². The lowest BCUT2D eigenvalue weighted by molar-refractivity contribution is -0.150. The highest BCUT2D eigenvalue weighted by atomic mass is 32.2. The van der Waals surface area contributed by atoms with E-state index >= 15 is 0 Å². The van der Waals surface area contributed by atoms with Crippen molar-refractivity contribution in [1.29, 1.82) is 0 Å². The van der Waals surface area contributed by atoms with Gasteiger partial charge in [0.05, 0.1) is 18.5 Å². The predicted molar refractivity (Wildman–Crippen MR) is 224 cm³/mol. The molecular weight excluding hydrogens is 669 g/mol. The standard InChI is InChI=1S/C44H88N2O5S/c1-4-7-10-13-18-25-33-42(34-26-19-14-11-8-5-2)51-44(48)36-28-21-17-23-30-39-46(40-32-37-45-52-49)38-29-22-16-20-27-35-43(47)50-41-31-24-15-12-9-6-3/h42,52H,4-41H2,1-3H3,(H,45,49). The number of carbonyl (C=O) groups is 2. The Kier molecular flexibility index (Phi) is 41.9. The second-order valence-electron chi connectivity index (χ2n) is 15.4. The smallest absolute Gasteiger partial charge is 0.306 e. The van der Waals surface area contributed by atoms with E-state index in [2.05, 4.69) is 30.4 Å². The van der Waals surface area contributed by atoms with Crippen LogP contribution in [0, 0.1) is 0 Å². The lowest BCUT2D eigenvalue weighted by atomic mass is 10.0. The van der Waals surface area contributed by atoms with Crippen LogP contribution in [0.4, 0.5) is 0 Å². The Labute approximate surface area is 327 Å². The molecule has 0 aromatic carbocycles. The first-order chi connectivity index (χ1) is 25.6. The molecule has 0 radical (unpaired) electrons. The largest absolute Gasteiger partial charge is 0.466 e. The number of hydrogen-bond acceptors (Lipinski definition) is 6. The minimum absolute atomic E-state index is 0.0122. The summed E-state index contributed by atoms with van der Waals surface area (Å²) in [4.78, 5) is 27.3. The molecule has 0 unspecified atom stereocenters. The fraction of sp³-hybridized carbons (Fsp3) is 0.955. The molecule has 0 aliphatic carbocycles. The molecule has 310 valence electrons. The zero-order chi connectivity index (χ0) is 38.0.